The van der Waals surface area contributed by atoms with Gasteiger partial charge in [-0.2, -0.15) is 13.2 Å². The van der Waals surface area contributed by atoms with Crippen molar-refractivity contribution in [2.45, 2.75) is 6.18 Å². The zero-order chi connectivity index (χ0) is 13.8. The average molecular weight is 260 g/mol. The number of nitrogens with one attached hydrogen (secondary N) is 1. The third kappa shape index (κ3) is 3.66. The number of anilines is 1. The van der Waals surface area contributed by atoms with Crippen LogP contribution in [0, 0.1) is 0 Å². The van der Waals surface area contributed by atoms with E-state index < -0.39 is 11.7 Å². The van der Waals surface area contributed by atoms with Gasteiger partial charge in [0.15, 0.2) is 0 Å². The van der Waals surface area contributed by atoms with Crippen LogP contribution in [0.15, 0.2) is 24.4 Å². The van der Waals surface area contributed by atoms with Crippen molar-refractivity contribution in [1.82, 2.24) is 4.90 Å². The van der Waals surface area contributed by atoms with Crippen LogP contribution in [0.3, 0.4) is 0 Å². The minimum atomic E-state index is -4.41. The lowest BCUT2D eigenvalue weighted by molar-refractivity contribution is -0.137. The van der Waals surface area contributed by atoms with E-state index in [9.17, 15) is 13.2 Å². The second-order valence-corrected chi connectivity index (χ2v) is 3.85. The van der Waals surface area contributed by atoms with Crippen LogP contribution in [0.4, 0.5) is 18.9 Å². The maximum atomic E-state index is 12.9. The third-order valence-corrected chi connectivity index (χ3v) is 2.16. The largest absolute Gasteiger partial charge is 0.417 e. The zero-order valence-electron chi connectivity index (χ0n) is 10.4. The van der Waals surface area contributed by atoms with E-state index in [0.717, 1.165) is 6.07 Å². The second-order valence-electron chi connectivity index (χ2n) is 3.85. The molecule has 1 aromatic rings. The first-order valence-corrected chi connectivity index (χ1v) is 5.20. The molecule has 0 radical (unpaired) electrons. The first-order valence-electron chi connectivity index (χ1n) is 5.20. The Morgan fingerprint density at radius 3 is 2.44 bits per heavy atom. The molecule has 0 fully saturated rings. The van der Waals surface area contributed by atoms with E-state index in [1.807, 2.05) is 0 Å². The first kappa shape index (κ1) is 14.4. The molecule has 0 aliphatic rings. The molecule has 0 saturated heterocycles. The summed E-state index contributed by atoms with van der Waals surface area (Å²) in [6, 6.07) is 3.89. The Kier molecular flexibility index (Phi) is 4.61. The molecule has 0 aliphatic heterocycles. The van der Waals surface area contributed by atoms with Crippen LogP contribution in [0.1, 0.15) is 11.1 Å². The minimum absolute atomic E-state index is 0.0422. The molecule has 1 N–H and O–H groups in total. The summed E-state index contributed by atoms with van der Waals surface area (Å²) in [4.78, 5) is 6.33. The van der Waals surface area contributed by atoms with E-state index in [0.29, 0.717) is 0 Å². The van der Waals surface area contributed by atoms with Gasteiger partial charge in [0.1, 0.15) is 0 Å². The van der Waals surface area contributed by atoms with E-state index in [1.165, 1.54) is 25.3 Å². The molecule has 0 saturated carbocycles. The fourth-order valence-corrected chi connectivity index (χ4v) is 1.41. The Morgan fingerprint density at radius 2 is 1.94 bits per heavy atom. The quantitative estimate of drug-likeness (QED) is 0.841. The van der Waals surface area contributed by atoms with Crippen LogP contribution in [0.2, 0.25) is 0 Å². The average Bonchev–Trinajstić information content (AvgIpc) is 2.26. The molecule has 0 amide bonds. The molecule has 1 aromatic carbocycles. The standard InChI is InChI=1S/C12H15F3N2O/c1-17(2)8-7-9-10(12(13,14)15)5-4-6-11(9)16-18-3/h4-8,16H,1-3H3/b8-7+. The number of benzene rings is 1. The van der Waals surface area contributed by atoms with Crippen molar-refractivity contribution < 1.29 is 18.0 Å². The SMILES string of the molecule is CONc1cccc(C(F)(F)F)c1/C=C/N(C)C. The normalized spacial score (nSPS) is 11.9. The van der Waals surface area contributed by atoms with Crippen molar-refractivity contribution in [2.75, 3.05) is 26.7 Å². The number of halogens is 3. The van der Waals surface area contributed by atoms with Gasteiger partial charge in [-0.1, -0.05) is 6.07 Å². The Labute approximate surface area is 104 Å². The summed E-state index contributed by atoms with van der Waals surface area (Å²) >= 11 is 0. The van der Waals surface area contributed by atoms with Crippen LogP contribution in [0.5, 0.6) is 0 Å². The van der Waals surface area contributed by atoms with Gasteiger partial charge in [0.25, 0.3) is 0 Å². The van der Waals surface area contributed by atoms with E-state index in [1.54, 1.807) is 25.2 Å². The molecule has 18 heavy (non-hydrogen) atoms. The molecule has 0 bridgehead atoms. The first-order chi connectivity index (χ1) is 8.36. The van der Waals surface area contributed by atoms with Crippen molar-refractivity contribution in [3.8, 4) is 0 Å². The molecule has 100 valence electrons. The highest BCUT2D eigenvalue weighted by Crippen LogP contribution is 2.35. The maximum Gasteiger partial charge on any atom is 0.417 e. The van der Waals surface area contributed by atoms with E-state index >= 15 is 0 Å². The van der Waals surface area contributed by atoms with Crippen LogP contribution in [-0.4, -0.2) is 26.1 Å². The van der Waals surface area contributed by atoms with Crippen molar-refractivity contribution in [3.63, 3.8) is 0 Å². The number of nitrogens with zero attached hydrogens (tertiary/aromatic N) is 1. The van der Waals surface area contributed by atoms with Gasteiger partial charge in [0.2, 0.25) is 0 Å². The monoisotopic (exact) mass is 260 g/mol. The van der Waals surface area contributed by atoms with Gasteiger partial charge in [0.05, 0.1) is 18.4 Å². The molecule has 0 aliphatic carbocycles. The summed E-state index contributed by atoms with van der Waals surface area (Å²) in [6.45, 7) is 0. The highest BCUT2D eigenvalue weighted by molar-refractivity contribution is 5.69. The molecule has 0 atom stereocenters. The lowest BCUT2D eigenvalue weighted by Gasteiger charge is -2.15. The van der Waals surface area contributed by atoms with Gasteiger partial charge in [-0.15, -0.1) is 0 Å². The topological polar surface area (TPSA) is 24.5 Å². The minimum Gasteiger partial charge on any atom is -0.383 e. The van der Waals surface area contributed by atoms with Gasteiger partial charge in [-0.25, -0.2) is 0 Å². The predicted octanol–water partition coefficient (Wildman–Crippen LogP) is 3.21. The van der Waals surface area contributed by atoms with E-state index in [2.05, 4.69) is 10.3 Å². The van der Waals surface area contributed by atoms with E-state index in [-0.39, 0.29) is 11.3 Å². The number of alkyl halides is 3. The molecular weight excluding hydrogens is 245 g/mol. The van der Waals surface area contributed by atoms with Crippen LogP contribution < -0.4 is 5.48 Å². The summed E-state index contributed by atoms with van der Waals surface area (Å²) in [7, 11) is 4.81. The Hall–Kier alpha value is -1.69. The highest BCUT2D eigenvalue weighted by atomic mass is 19.4. The number of hydrogen-bond acceptors (Lipinski definition) is 3. The zero-order valence-corrected chi connectivity index (χ0v) is 10.4. The maximum absolute atomic E-state index is 12.9. The van der Waals surface area contributed by atoms with Crippen molar-refractivity contribution in [3.05, 3.63) is 35.5 Å². The lowest BCUT2D eigenvalue weighted by Crippen LogP contribution is -2.10. The summed E-state index contributed by atoms with van der Waals surface area (Å²) in [6.07, 6.45) is -1.47. The molecule has 0 heterocycles. The van der Waals surface area contributed by atoms with Crippen molar-refractivity contribution in [1.29, 1.82) is 0 Å². The Balaban J connectivity index is 3.30. The van der Waals surface area contributed by atoms with Gasteiger partial charge in [0, 0.05) is 19.7 Å². The van der Waals surface area contributed by atoms with Crippen molar-refractivity contribution >= 4 is 11.8 Å². The molecule has 0 unspecified atom stereocenters. The van der Waals surface area contributed by atoms with Gasteiger partial charge >= 0.3 is 6.18 Å². The summed E-state index contributed by atoms with van der Waals surface area (Å²) in [5.41, 5.74) is 2.05. The third-order valence-electron chi connectivity index (χ3n) is 2.16. The van der Waals surface area contributed by atoms with Crippen LogP contribution in [0.25, 0.3) is 6.08 Å². The molecule has 0 aromatic heterocycles. The highest BCUT2D eigenvalue weighted by Gasteiger charge is 2.33. The number of rotatable bonds is 4. The van der Waals surface area contributed by atoms with Crippen LogP contribution >= 0.6 is 0 Å². The van der Waals surface area contributed by atoms with Crippen LogP contribution in [-0.2, 0) is 11.0 Å². The van der Waals surface area contributed by atoms with E-state index in [4.69, 9.17) is 0 Å². The molecule has 0 spiro atoms. The van der Waals surface area contributed by atoms with Gasteiger partial charge in [-0.05, 0) is 24.4 Å². The summed E-state index contributed by atoms with van der Waals surface area (Å²) in [5, 5.41) is 0. The second kappa shape index (κ2) is 5.77. The molecule has 3 nitrogen and oxygen atoms in total. The fourth-order valence-electron chi connectivity index (χ4n) is 1.41. The molecular formula is C12H15F3N2O. The summed E-state index contributed by atoms with van der Waals surface area (Å²) in [5.74, 6) is 0. The smallest absolute Gasteiger partial charge is 0.383 e. The summed E-state index contributed by atoms with van der Waals surface area (Å²) < 4.78 is 38.6. The fraction of sp³-hybridized carbons (Fsp3) is 0.333. The number of hydrogen-bond donors (Lipinski definition) is 1. The Bertz CT molecular complexity index is 428. The van der Waals surface area contributed by atoms with Crippen molar-refractivity contribution in [2.24, 2.45) is 0 Å². The molecule has 1 rings (SSSR count). The van der Waals surface area contributed by atoms with Gasteiger partial charge < -0.3 is 4.90 Å². The predicted molar refractivity (Wildman–Crippen MR) is 64.8 cm³/mol. The molecule has 6 heteroatoms. The lowest BCUT2D eigenvalue weighted by atomic mass is 10.0. The van der Waals surface area contributed by atoms with Gasteiger partial charge in [-0.3, -0.25) is 10.3 Å². The Morgan fingerprint density at radius 1 is 1.28 bits per heavy atom.